The lowest BCUT2D eigenvalue weighted by Gasteiger charge is -2.45. The Labute approximate surface area is 154 Å². The number of aliphatic hydroxyl groups is 1. The first kappa shape index (κ1) is 17.1. The van der Waals surface area contributed by atoms with Crippen molar-refractivity contribution in [2.75, 3.05) is 31.1 Å². The van der Waals surface area contributed by atoms with Gasteiger partial charge >= 0.3 is 0 Å². The van der Waals surface area contributed by atoms with E-state index in [1.54, 1.807) is 0 Å². The van der Waals surface area contributed by atoms with Gasteiger partial charge in [-0.1, -0.05) is 24.4 Å². The van der Waals surface area contributed by atoms with Crippen LogP contribution < -0.4 is 4.90 Å². The van der Waals surface area contributed by atoms with E-state index in [9.17, 15) is 5.11 Å². The normalized spacial score (nSPS) is 22.8. The zero-order valence-electron chi connectivity index (χ0n) is 14.6. The number of anilines is 1. The molecule has 1 aliphatic heterocycles. The maximum atomic E-state index is 9.57. The van der Waals surface area contributed by atoms with Gasteiger partial charge in [0.2, 0.25) is 0 Å². The molecule has 1 aromatic heterocycles. The van der Waals surface area contributed by atoms with E-state index in [2.05, 4.69) is 20.9 Å². The number of hydrogen-bond donors (Lipinski definition) is 1. The first-order valence-electron chi connectivity index (χ1n) is 9.42. The maximum Gasteiger partial charge on any atom is 0.0723 e. The molecule has 4 rings (SSSR count). The van der Waals surface area contributed by atoms with Crippen molar-refractivity contribution in [1.29, 1.82) is 0 Å². The molecule has 2 aromatic rings. The highest BCUT2D eigenvalue weighted by Crippen LogP contribution is 2.32. The fraction of sp³-hybridized carbons (Fsp3) is 0.550. The number of rotatable bonds is 4. The zero-order chi connectivity index (χ0) is 17.2. The smallest absolute Gasteiger partial charge is 0.0723 e. The monoisotopic (exact) mass is 359 g/mol. The number of aliphatic hydroxyl groups excluding tert-OH is 1. The summed E-state index contributed by atoms with van der Waals surface area (Å²) >= 11 is 6.23. The number of aromatic nitrogens is 1. The van der Waals surface area contributed by atoms with Crippen molar-refractivity contribution < 1.29 is 5.11 Å². The van der Waals surface area contributed by atoms with Gasteiger partial charge in [-0.05, 0) is 43.5 Å². The average molecular weight is 360 g/mol. The molecule has 134 valence electrons. The molecule has 25 heavy (non-hydrogen) atoms. The molecule has 0 bridgehead atoms. The number of piperazine rings is 1. The summed E-state index contributed by atoms with van der Waals surface area (Å²) in [5, 5.41) is 11.4. The number of hydrogen-bond acceptors (Lipinski definition) is 4. The van der Waals surface area contributed by atoms with E-state index in [0.717, 1.165) is 42.0 Å². The Balaban J connectivity index is 1.60. The molecule has 0 amide bonds. The Bertz CT molecular complexity index is 732. The zero-order valence-corrected chi connectivity index (χ0v) is 15.3. The van der Waals surface area contributed by atoms with Gasteiger partial charge in [0, 0.05) is 60.6 Å². The lowest BCUT2D eigenvalue weighted by atomic mass is 10.0. The Kier molecular flexibility index (Phi) is 5.11. The summed E-state index contributed by atoms with van der Waals surface area (Å²) in [6, 6.07) is 9.13. The predicted molar refractivity (Wildman–Crippen MR) is 103 cm³/mol. The Morgan fingerprint density at radius 1 is 1.16 bits per heavy atom. The van der Waals surface area contributed by atoms with Crippen LogP contribution in [-0.4, -0.2) is 53.3 Å². The summed E-state index contributed by atoms with van der Waals surface area (Å²) in [6.45, 7) is 3.30. The Hall–Kier alpha value is -1.36. The molecule has 5 heteroatoms. The van der Waals surface area contributed by atoms with E-state index < -0.39 is 0 Å². The van der Waals surface area contributed by atoms with Crippen LogP contribution in [0, 0.1) is 0 Å². The first-order chi connectivity index (χ1) is 12.3. The van der Waals surface area contributed by atoms with Gasteiger partial charge in [-0.2, -0.15) is 0 Å². The number of benzene rings is 1. The average Bonchev–Trinajstić information content (AvgIpc) is 3.16. The Morgan fingerprint density at radius 3 is 2.80 bits per heavy atom. The van der Waals surface area contributed by atoms with Crippen LogP contribution in [0.4, 0.5) is 5.69 Å². The molecule has 0 unspecified atom stereocenters. The minimum absolute atomic E-state index is 0.255. The summed E-state index contributed by atoms with van der Waals surface area (Å²) in [6.07, 6.45) is 8.06. The molecule has 1 atom stereocenters. The molecule has 2 heterocycles. The van der Waals surface area contributed by atoms with Gasteiger partial charge < -0.3 is 10.0 Å². The maximum absolute atomic E-state index is 9.57. The van der Waals surface area contributed by atoms with E-state index in [1.165, 1.54) is 31.4 Å². The third-order valence-corrected chi connectivity index (χ3v) is 6.04. The molecule has 1 saturated heterocycles. The van der Waals surface area contributed by atoms with Crippen molar-refractivity contribution in [2.45, 2.75) is 44.2 Å². The van der Waals surface area contributed by atoms with Crippen LogP contribution in [-0.2, 0) is 0 Å². The third-order valence-electron chi connectivity index (χ3n) is 5.81. The summed E-state index contributed by atoms with van der Waals surface area (Å²) in [7, 11) is 0. The van der Waals surface area contributed by atoms with Crippen LogP contribution in [0.5, 0.6) is 0 Å². The molecular formula is C20H26ClN3O. The van der Waals surface area contributed by atoms with Crippen LogP contribution in [0.3, 0.4) is 0 Å². The molecule has 1 N–H and O–H groups in total. The number of nitrogens with zero attached hydrogens (tertiary/aromatic N) is 3. The van der Waals surface area contributed by atoms with Crippen molar-refractivity contribution >= 4 is 28.2 Å². The molecule has 1 aliphatic carbocycles. The summed E-state index contributed by atoms with van der Waals surface area (Å²) in [4.78, 5) is 9.59. The lowest BCUT2D eigenvalue weighted by molar-refractivity contribution is 0.0985. The molecular weight excluding hydrogens is 334 g/mol. The second-order valence-electron chi connectivity index (χ2n) is 7.28. The molecule has 2 fully saturated rings. The quantitative estimate of drug-likeness (QED) is 0.903. The van der Waals surface area contributed by atoms with Gasteiger partial charge in [0.1, 0.15) is 0 Å². The largest absolute Gasteiger partial charge is 0.396 e. The molecule has 1 aromatic carbocycles. The van der Waals surface area contributed by atoms with E-state index in [4.69, 9.17) is 11.6 Å². The van der Waals surface area contributed by atoms with Crippen LogP contribution >= 0.6 is 11.6 Å². The third kappa shape index (κ3) is 3.48. The van der Waals surface area contributed by atoms with Crippen LogP contribution in [0.2, 0.25) is 5.02 Å². The molecule has 4 nitrogen and oxygen atoms in total. The molecule has 1 saturated carbocycles. The van der Waals surface area contributed by atoms with E-state index >= 15 is 0 Å². The van der Waals surface area contributed by atoms with Gasteiger partial charge in [-0.25, -0.2) is 0 Å². The fourth-order valence-corrected chi connectivity index (χ4v) is 4.76. The van der Waals surface area contributed by atoms with Crippen molar-refractivity contribution in [3.63, 3.8) is 0 Å². The summed E-state index contributed by atoms with van der Waals surface area (Å²) < 4.78 is 0. The lowest BCUT2D eigenvalue weighted by Crippen LogP contribution is -2.56. The van der Waals surface area contributed by atoms with Crippen LogP contribution in [0.15, 0.2) is 30.5 Å². The summed E-state index contributed by atoms with van der Waals surface area (Å²) in [5.41, 5.74) is 2.19. The van der Waals surface area contributed by atoms with E-state index in [1.807, 2.05) is 24.4 Å². The van der Waals surface area contributed by atoms with Gasteiger partial charge in [-0.15, -0.1) is 0 Å². The van der Waals surface area contributed by atoms with E-state index in [-0.39, 0.29) is 6.61 Å². The van der Waals surface area contributed by atoms with Gasteiger partial charge in [0.25, 0.3) is 0 Å². The van der Waals surface area contributed by atoms with Gasteiger partial charge in [0.15, 0.2) is 0 Å². The van der Waals surface area contributed by atoms with Crippen molar-refractivity contribution in [3.8, 4) is 0 Å². The summed E-state index contributed by atoms with van der Waals surface area (Å²) in [5.74, 6) is 0. The predicted octanol–water partition coefficient (Wildman–Crippen LogP) is 3.70. The molecule has 0 radical (unpaired) electrons. The number of halogens is 1. The fourth-order valence-electron chi connectivity index (χ4n) is 4.59. The number of fused-ring (bicyclic) bond motifs is 1. The Morgan fingerprint density at radius 2 is 2.00 bits per heavy atom. The topological polar surface area (TPSA) is 39.6 Å². The van der Waals surface area contributed by atoms with Gasteiger partial charge in [-0.3, -0.25) is 9.88 Å². The van der Waals surface area contributed by atoms with Crippen LogP contribution in [0.1, 0.15) is 32.1 Å². The minimum Gasteiger partial charge on any atom is -0.396 e. The minimum atomic E-state index is 0.255. The second-order valence-corrected chi connectivity index (χ2v) is 7.72. The van der Waals surface area contributed by atoms with Gasteiger partial charge in [0.05, 0.1) is 5.52 Å². The van der Waals surface area contributed by atoms with E-state index in [0.29, 0.717) is 12.1 Å². The SMILES string of the molecule is OCC[C@@H]1CN(c2ccnc3ccc(Cl)cc23)CCN1C1CCCC1. The van der Waals surface area contributed by atoms with Crippen molar-refractivity contribution in [3.05, 3.63) is 35.5 Å². The van der Waals surface area contributed by atoms with Crippen molar-refractivity contribution in [2.24, 2.45) is 0 Å². The molecule has 0 spiro atoms. The highest BCUT2D eigenvalue weighted by atomic mass is 35.5. The molecule has 2 aliphatic rings. The highest BCUT2D eigenvalue weighted by Gasteiger charge is 2.33. The van der Waals surface area contributed by atoms with Crippen LogP contribution in [0.25, 0.3) is 10.9 Å². The highest BCUT2D eigenvalue weighted by molar-refractivity contribution is 6.31. The first-order valence-corrected chi connectivity index (χ1v) is 9.80. The van der Waals surface area contributed by atoms with Crippen molar-refractivity contribution in [1.82, 2.24) is 9.88 Å². The number of pyridine rings is 1. The standard InChI is InChI=1S/C20H26ClN3O/c21-15-5-6-19-18(13-15)20(7-9-22-19)23-10-11-24(16-3-1-2-4-16)17(14-23)8-12-25/h5-7,9,13,16-17,25H,1-4,8,10-12,14H2/t17-/m1/s1. The second kappa shape index (κ2) is 7.48.